The van der Waals surface area contributed by atoms with Gasteiger partial charge in [-0.1, -0.05) is 48.0 Å². The third kappa shape index (κ3) is 5.15. The van der Waals surface area contributed by atoms with E-state index in [1.54, 1.807) is 7.11 Å². The van der Waals surface area contributed by atoms with Crippen LogP contribution in [0.25, 0.3) is 0 Å². The Kier molecular flexibility index (Phi) is 7.08. The molecule has 0 bridgehead atoms. The SMILES string of the molecule is COC(=O)C1=C(C)NC2=CC(C)(C)CC(=O)C2C1c1ccc(OC)c(COc2cccc(Br)c2)c1. The Bertz CT molecular complexity index is 1230. The van der Waals surface area contributed by atoms with Gasteiger partial charge in [0.1, 0.15) is 23.9 Å². The van der Waals surface area contributed by atoms with Crippen molar-refractivity contribution < 1.29 is 23.8 Å². The molecule has 0 radical (unpaired) electrons. The maximum atomic E-state index is 13.4. The molecular formula is C28H30BrNO5. The van der Waals surface area contributed by atoms with E-state index in [1.165, 1.54) is 7.11 Å². The summed E-state index contributed by atoms with van der Waals surface area (Å²) >= 11 is 3.46. The van der Waals surface area contributed by atoms with Crippen molar-refractivity contribution in [2.45, 2.75) is 39.7 Å². The van der Waals surface area contributed by atoms with Crippen molar-refractivity contribution in [2.75, 3.05) is 14.2 Å². The topological polar surface area (TPSA) is 73.9 Å². The fourth-order valence-electron chi connectivity index (χ4n) is 5.03. The number of rotatable bonds is 6. The van der Waals surface area contributed by atoms with Crippen LogP contribution >= 0.6 is 15.9 Å². The van der Waals surface area contributed by atoms with E-state index in [9.17, 15) is 9.59 Å². The molecule has 0 spiro atoms. The number of allylic oxidation sites excluding steroid dienone is 3. The maximum Gasteiger partial charge on any atom is 0.336 e. The Balaban J connectivity index is 1.79. The number of hydrogen-bond acceptors (Lipinski definition) is 6. The first-order chi connectivity index (χ1) is 16.6. The number of nitrogens with one attached hydrogen (secondary N) is 1. The van der Waals surface area contributed by atoms with Crippen molar-refractivity contribution in [1.29, 1.82) is 0 Å². The molecule has 2 aromatic rings. The molecule has 4 rings (SSSR count). The molecule has 1 N–H and O–H groups in total. The van der Waals surface area contributed by atoms with Crippen LogP contribution in [-0.4, -0.2) is 26.0 Å². The van der Waals surface area contributed by atoms with Crippen molar-refractivity contribution in [3.05, 3.63) is 81.1 Å². The predicted molar refractivity (Wildman–Crippen MR) is 137 cm³/mol. The summed E-state index contributed by atoms with van der Waals surface area (Å²) in [5.41, 5.74) is 3.39. The quantitative estimate of drug-likeness (QED) is 0.476. The van der Waals surface area contributed by atoms with Gasteiger partial charge >= 0.3 is 5.97 Å². The van der Waals surface area contributed by atoms with Crippen LogP contribution in [0.4, 0.5) is 0 Å². The Morgan fingerprint density at radius 1 is 1.14 bits per heavy atom. The molecule has 6 nitrogen and oxygen atoms in total. The van der Waals surface area contributed by atoms with E-state index in [4.69, 9.17) is 14.2 Å². The van der Waals surface area contributed by atoms with Crippen LogP contribution < -0.4 is 14.8 Å². The van der Waals surface area contributed by atoms with E-state index in [2.05, 4.69) is 27.3 Å². The molecule has 1 aliphatic carbocycles. The normalized spacial score (nSPS) is 21.0. The minimum absolute atomic E-state index is 0.0988. The number of fused-ring (bicyclic) bond motifs is 1. The lowest BCUT2D eigenvalue weighted by molar-refractivity contribution is -0.136. The van der Waals surface area contributed by atoms with Gasteiger partial charge in [-0.05, 0) is 48.2 Å². The lowest BCUT2D eigenvalue weighted by Crippen LogP contribution is -2.43. The zero-order chi connectivity index (χ0) is 25.3. The van der Waals surface area contributed by atoms with Crippen molar-refractivity contribution >= 4 is 27.7 Å². The number of esters is 1. The molecule has 1 heterocycles. The van der Waals surface area contributed by atoms with E-state index >= 15 is 0 Å². The van der Waals surface area contributed by atoms with Crippen molar-refractivity contribution in [2.24, 2.45) is 11.3 Å². The highest BCUT2D eigenvalue weighted by Crippen LogP contribution is 2.47. The average Bonchev–Trinajstić information content (AvgIpc) is 2.80. The number of carbonyl (C=O) groups excluding carboxylic acids is 2. The zero-order valence-corrected chi connectivity index (χ0v) is 22.2. The van der Waals surface area contributed by atoms with Crippen molar-refractivity contribution in [1.82, 2.24) is 5.32 Å². The molecule has 2 atom stereocenters. The van der Waals surface area contributed by atoms with Crippen molar-refractivity contribution in [3.63, 3.8) is 0 Å². The summed E-state index contributed by atoms with van der Waals surface area (Å²) in [4.78, 5) is 26.3. The highest BCUT2D eigenvalue weighted by Gasteiger charge is 2.46. The van der Waals surface area contributed by atoms with E-state index in [-0.39, 0.29) is 17.8 Å². The molecule has 0 fully saturated rings. The molecular weight excluding hydrogens is 510 g/mol. The largest absolute Gasteiger partial charge is 0.496 e. The second kappa shape index (κ2) is 9.90. The molecule has 35 heavy (non-hydrogen) atoms. The zero-order valence-electron chi connectivity index (χ0n) is 20.6. The summed E-state index contributed by atoms with van der Waals surface area (Å²) in [6.07, 6.45) is 2.52. The van der Waals surface area contributed by atoms with Gasteiger partial charge in [0.25, 0.3) is 0 Å². The van der Waals surface area contributed by atoms with E-state index in [1.807, 2.05) is 63.2 Å². The number of hydrogen-bond donors (Lipinski definition) is 1. The molecule has 0 saturated carbocycles. The van der Waals surface area contributed by atoms with Gasteiger partial charge in [0.05, 0.1) is 25.7 Å². The van der Waals surface area contributed by atoms with Crippen LogP contribution in [0.5, 0.6) is 11.5 Å². The Morgan fingerprint density at radius 3 is 2.60 bits per heavy atom. The fourth-order valence-corrected chi connectivity index (χ4v) is 5.41. The summed E-state index contributed by atoms with van der Waals surface area (Å²) in [7, 11) is 2.97. The Morgan fingerprint density at radius 2 is 1.91 bits per heavy atom. The minimum Gasteiger partial charge on any atom is -0.496 e. The van der Waals surface area contributed by atoms with Gasteiger partial charge < -0.3 is 19.5 Å². The standard InChI is InChI=1S/C28H30BrNO5/c1-16-24(27(32)34-5)25(26-21(30-16)13-28(2,3)14-22(26)31)17-9-10-23(33-4)18(11-17)15-35-20-8-6-7-19(29)12-20/h6-13,25-26,30H,14-15H2,1-5H3. The first kappa shape index (κ1) is 25.0. The number of methoxy groups -OCH3 is 2. The van der Waals surface area contributed by atoms with Gasteiger partial charge in [-0.2, -0.15) is 0 Å². The molecule has 1 aliphatic heterocycles. The van der Waals surface area contributed by atoms with Crippen LogP contribution in [0.1, 0.15) is 44.2 Å². The molecule has 0 amide bonds. The highest BCUT2D eigenvalue weighted by molar-refractivity contribution is 9.10. The number of ether oxygens (including phenoxy) is 3. The van der Waals surface area contributed by atoms with Crippen LogP contribution in [0.2, 0.25) is 0 Å². The molecule has 2 unspecified atom stereocenters. The Labute approximate surface area is 214 Å². The van der Waals surface area contributed by atoms with E-state index in [0.717, 1.165) is 27.0 Å². The second-order valence-electron chi connectivity index (χ2n) is 9.66. The highest BCUT2D eigenvalue weighted by atomic mass is 79.9. The summed E-state index contributed by atoms with van der Waals surface area (Å²) in [5, 5.41) is 3.32. The van der Waals surface area contributed by atoms with Crippen molar-refractivity contribution in [3.8, 4) is 11.5 Å². The van der Waals surface area contributed by atoms with Gasteiger partial charge in [-0.3, -0.25) is 4.79 Å². The molecule has 2 aromatic carbocycles. The van der Waals surface area contributed by atoms with Gasteiger partial charge in [0.15, 0.2) is 0 Å². The summed E-state index contributed by atoms with van der Waals surface area (Å²) < 4.78 is 17.7. The first-order valence-corrected chi connectivity index (χ1v) is 12.3. The van der Waals surface area contributed by atoms with Gasteiger partial charge in [-0.25, -0.2) is 4.79 Å². The summed E-state index contributed by atoms with van der Waals surface area (Å²) in [6.45, 7) is 6.21. The molecule has 0 aromatic heterocycles. The monoisotopic (exact) mass is 539 g/mol. The fraction of sp³-hybridized carbons (Fsp3) is 0.357. The number of Topliss-reactive ketones (excluding diaryl/α,β-unsaturated/α-hetero) is 1. The third-order valence-electron chi connectivity index (χ3n) is 6.50. The Hall–Kier alpha value is -3.06. The van der Waals surface area contributed by atoms with Gasteiger partial charge in [0.2, 0.25) is 0 Å². The molecule has 2 aliphatic rings. The second-order valence-corrected chi connectivity index (χ2v) is 10.6. The smallest absolute Gasteiger partial charge is 0.336 e. The summed E-state index contributed by atoms with van der Waals surface area (Å²) in [5.74, 6) is 0.0719. The predicted octanol–water partition coefficient (Wildman–Crippen LogP) is 5.67. The van der Waals surface area contributed by atoms with Gasteiger partial charge in [-0.15, -0.1) is 0 Å². The van der Waals surface area contributed by atoms with Crippen LogP contribution in [-0.2, 0) is 20.9 Å². The third-order valence-corrected chi connectivity index (χ3v) is 6.99. The van der Waals surface area contributed by atoms with Gasteiger partial charge in [0, 0.05) is 33.8 Å². The lowest BCUT2D eigenvalue weighted by Gasteiger charge is -2.41. The first-order valence-electron chi connectivity index (χ1n) is 11.5. The van der Waals surface area contributed by atoms with Crippen LogP contribution in [0.15, 0.2) is 70.0 Å². The minimum atomic E-state index is -0.493. The number of carbonyl (C=O) groups is 2. The number of ketones is 1. The average molecular weight is 540 g/mol. The lowest BCUT2D eigenvalue weighted by atomic mass is 9.66. The van der Waals surface area contributed by atoms with E-state index < -0.39 is 17.8 Å². The number of benzene rings is 2. The molecule has 7 heteroatoms. The van der Waals surface area contributed by atoms with Crippen LogP contribution in [0.3, 0.4) is 0 Å². The number of halogens is 1. The molecule has 0 saturated heterocycles. The van der Waals surface area contributed by atoms with Crippen LogP contribution in [0, 0.1) is 11.3 Å². The summed E-state index contributed by atoms with van der Waals surface area (Å²) in [6, 6.07) is 13.4. The molecule has 184 valence electrons. The van der Waals surface area contributed by atoms with E-state index in [0.29, 0.717) is 23.4 Å². The maximum absolute atomic E-state index is 13.4.